The molecule has 160 valence electrons. The summed E-state index contributed by atoms with van der Waals surface area (Å²) >= 11 is 0. The lowest BCUT2D eigenvalue weighted by atomic mass is 9.72. The summed E-state index contributed by atoms with van der Waals surface area (Å²) in [6.07, 6.45) is 4.45. The highest BCUT2D eigenvalue weighted by atomic mass is 31.2. The number of rotatable bonds is 4. The van der Waals surface area contributed by atoms with E-state index in [1.54, 1.807) is 7.11 Å². The van der Waals surface area contributed by atoms with Gasteiger partial charge in [-0.2, -0.15) is 0 Å². The van der Waals surface area contributed by atoms with Crippen LogP contribution in [-0.2, 0) is 9.98 Å². The first-order chi connectivity index (χ1) is 16.2. The molecule has 0 N–H and O–H groups in total. The Hall–Kier alpha value is -3.61. The van der Waals surface area contributed by atoms with Gasteiger partial charge in [0.1, 0.15) is 5.75 Å². The third-order valence-electron chi connectivity index (χ3n) is 6.80. The molecule has 7 rings (SSSR count). The molecule has 0 aromatic heterocycles. The lowest BCUT2D eigenvalue weighted by molar-refractivity contribution is 0.413. The van der Waals surface area contributed by atoms with E-state index < -0.39 is 12.6 Å². The van der Waals surface area contributed by atoms with Gasteiger partial charge >= 0.3 is 0 Å². The first kappa shape index (κ1) is 20.0. The summed E-state index contributed by atoms with van der Waals surface area (Å²) in [4.78, 5) is 0. The van der Waals surface area contributed by atoms with Crippen LogP contribution in [0.15, 0.2) is 121 Å². The molecule has 0 amide bonds. The molecule has 2 unspecified atom stereocenters. The van der Waals surface area contributed by atoms with Crippen molar-refractivity contribution in [2.24, 2.45) is 0 Å². The summed E-state index contributed by atoms with van der Waals surface area (Å²) in [5.74, 6) is 0.736. The van der Waals surface area contributed by atoms with Crippen LogP contribution < -0.4 is 10.0 Å². The predicted octanol–water partition coefficient (Wildman–Crippen LogP) is 7.08. The molecule has 3 heteroatoms. The second-order valence-electron chi connectivity index (χ2n) is 8.49. The molecule has 2 atom stereocenters. The first-order valence-corrected chi connectivity index (χ1v) is 12.8. The zero-order chi connectivity index (χ0) is 22.5. The van der Waals surface area contributed by atoms with Gasteiger partial charge in [0, 0.05) is 21.5 Å². The Labute approximate surface area is 194 Å². The Morgan fingerprint density at radius 3 is 2.03 bits per heavy atom. The minimum Gasteiger partial charge on any atom is -0.496 e. The lowest BCUT2D eigenvalue weighted by Gasteiger charge is -2.45. The summed E-state index contributed by atoms with van der Waals surface area (Å²) in [7, 11) is -1.47. The van der Waals surface area contributed by atoms with E-state index in [9.17, 15) is 0 Å². The van der Waals surface area contributed by atoms with Crippen molar-refractivity contribution in [3.05, 3.63) is 144 Å². The maximum atomic E-state index is 15.4. The van der Waals surface area contributed by atoms with Gasteiger partial charge in [-0.1, -0.05) is 115 Å². The number of hydrogen-bond acceptors (Lipinski definition) is 2. The van der Waals surface area contributed by atoms with Gasteiger partial charge in [-0.25, -0.2) is 0 Å². The van der Waals surface area contributed by atoms with Gasteiger partial charge in [0.05, 0.1) is 12.5 Å². The first-order valence-electron chi connectivity index (χ1n) is 11.1. The van der Waals surface area contributed by atoms with E-state index in [0.29, 0.717) is 0 Å². The fourth-order valence-electron chi connectivity index (χ4n) is 5.31. The molecule has 0 fully saturated rings. The van der Waals surface area contributed by atoms with E-state index in [0.717, 1.165) is 43.9 Å². The number of methoxy groups -OCH3 is 1. The number of ether oxygens (including phenoxy) is 1. The molecular formula is C30H23O2P. The molecular weight excluding hydrogens is 423 g/mol. The van der Waals surface area contributed by atoms with Gasteiger partial charge in [-0.05, 0) is 22.8 Å². The Morgan fingerprint density at radius 2 is 1.27 bits per heavy atom. The van der Waals surface area contributed by atoms with E-state index in [4.69, 9.17) is 4.74 Å². The van der Waals surface area contributed by atoms with Gasteiger partial charge in [0.2, 0.25) is 0 Å². The van der Waals surface area contributed by atoms with Crippen molar-refractivity contribution in [3.8, 4) is 5.75 Å². The van der Waals surface area contributed by atoms with Crippen LogP contribution >= 0.6 is 7.14 Å². The average Bonchev–Trinajstić information content (AvgIpc) is 2.90. The van der Waals surface area contributed by atoms with Gasteiger partial charge in [0.25, 0.3) is 0 Å². The third kappa shape index (κ3) is 2.78. The third-order valence-corrected chi connectivity index (χ3v) is 9.98. The fourth-order valence-corrected chi connectivity index (χ4v) is 8.79. The second kappa shape index (κ2) is 7.47. The molecule has 2 bridgehead atoms. The van der Waals surface area contributed by atoms with Crippen molar-refractivity contribution in [1.29, 1.82) is 0 Å². The Kier molecular flexibility index (Phi) is 4.54. The van der Waals surface area contributed by atoms with Crippen LogP contribution in [0.1, 0.15) is 22.3 Å². The van der Waals surface area contributed by atoms with Crippen LogP contribution in [0.5, 0.6) is 5.75 Å². The van der Waals surface area contributed by atoms with E-state index in [-0.39, 0.29) is 0 Å². The van der Waals surface area contributed by atoms with Gasteiger partial charge in [-0.15, -0.1) is 0 Å². The van der Waals surface area contributed by atoms with Crippen molar-refractivity contribution in [1.82, 2.24) is 0 Å². The smallest absolute Gasteiger partial charge is 0.172 e. The Balaban J connectivity index is 1.77. The number of para-hydroxylation sites is 1. The van der Waals surface area contributed by atoms with Crippen molar-refractivity contribution in [2.45, 2.75) is 5.41 Å². The topological polar surface area (TPSA) is 26.3 Å². The van der Waals surface area contributed by atoms with E-state index in [2.05, 4.69) is 54.6 Å². The van der Waals surface area contributed by atoms with Crippen molar-refractivity contribution < 1.29 is 9.30 Å². The highest BCUT2D eigenvalue weighted by molar-refractivity contribution is 7.90. The predicted molar refractivity (Wildman–Crippen MR) is 136 cm³/mol. The largest absolute Gasteiger partial charge is 0.496 e. The molecule has 4 aromatic carbocycles. The van der Waals surface area contributed by atoms with Crippen LogP contribution in [0.2, 0.25) is 0 Å². The Bertz CT molecular complexity index is 1470. The maximum absolute atomic E-state index is 15.4. The summed E-state index contributed by atoms with van der Waals surface area (Å²) < 4.78 is 21.1. The minimum absolute atomic E-state index is 0.522. The molecule has 0 saturated carbocycles. The van der Waals surface area contributed by atoms with Crippen molar-refractivity contribution in [3.63, 3.8) is 0 Å². The number of hydrogen-bond donors (Lipinski definition) is 0. The van der Waals surface area contributed by atoms with Crippen LogP contribution in [0.25, 0.3) is 10.6 Å². The van der Waals surface area contributed by atoms with E-state index in [1.165, 1.54) is 0 Å². The molecule has 0 spiro atoms. The molecule has 0 saturated heterocycles. The highest BCUT2D eigenvalue weighted by Gasteiger charge is 2.52. The van der Waals surface area contributed by atoms with E-state index in [1.807, 2.05) is 66.7 Å². The van der Waals surface area contributed by atoms with Gasteiger partial charge in [0.15, 0.2) is 7.14 Å². The van der Waals surface area contributed by atoms with Gasteiger partial charge in [-0.3, -0.25) is 0 Å². The Morgan fingerprint density at radius 1 is 0.667 bits per heavy atom. The summed E-state index contributed by atoms with van der Waals surface area (Å²) in [5.41, 5.74) is 3.61. The number of allylic oxidation sites excluding steroid dienone is 2. The lowest BCUT2D eigenvalue weighted by Crippen LogP contribution is -2.37. The van der Waals surface area contributed by atoms with Crippen LogP contribution in [0.3, 0.4) is 0 Å². The average molecular weight is 446 g/mol. The molecule has 3 heterocycles. The molecule has 33 heavy (non-hydrogen) atoms. The zero-order valence-corrected chi connectivity index (χ0v) is 19.2. The quantitative estimate of drug-likeness (QED) is 0.313. The van der Waals surface area contributed by atoms with Crippen LogP contribution in [-0.4, -0.2) is 7.11 Å². The number of benzene rings is 4. The second-order valence-corrected chi connectivity index (χ2v) is 11.2. The zero-order valence-electron chi connectivity index (χ0n) is 18.3. The SMILES string of the molecule is COc1ccccc1C1=CC2(c3ccccc3)C=C(c3ccccc3)P1(=O)c1ccccc12. The molecule has 0 aliphatic carbocycles. The maximum Gasteiger partial charge on any atom is 0.172 e. The monoisotopic (exact) mass is 446 g/mol. The summed E-state index contributed by atoms with van der Waals surface area (Å²) in [6, 6.07) is 36.8. The molecule has 4 aromatic rings. The van der Waals surface area contributed by atoms with E-state index >= 15 is 4.57 Å². The minimum atomic E-state index is -3.14. The molecule has 2 nitrogen and oxygen atoms in total. The summed E-state index contributed by atoms with van der Waals surface area (Å²) in [6.45, 7) is 0. The molecule has 3 aliphatic heterocycles. The van der Waals surface area contributed by atoms with Gasteiger partial charge < -0.3 is 9.30 Å². The highest BCUT2D eigenvalue weighted by Crippen LogP contribution is 2.75. The standard InChI is InChI=1S/C30H23O2P/c1-32-26-18-10-8-16-24(26)29-21-30(23-14-6-3-7-15-23)20-28(22-12-4-2-5-13-22)33(29,31)27-19-11-9-17-25(27)30/h2-21H,1H3. The molecule has 0 radical (unpaired) electrons. The van der Waals surface area contributed by atoms with Crippen molar-refractivity contribution in [2.75, 3.05) is 7.11 Å². The normalized spacial score (nSPS) is 22.8. The van der Waals surface area contributed by atoms with Crippen molar-refractivity contribution >= 4 is 23.1 Å². The van der Waals surface area contributed by atoms with Crippen LogP contribution in [0.4, 0.5) is 0 Å². The summed E-state index contributed by atoms with van der Waals surface area (Å²) in [5, 5.41) is 2.66. The fraction of sp³-hybridized carbons (Fsp3) is 0.0667. The van der Waals surface area contributed by atoms with Crippen LogP contribution in [0, 0.1) is 0 Å². The molecule has 3 aliphatic rings.